The number of anilines is 1. The van der Waals surface area contributed by atoms with E-state index in [2.05, 4.69) is 29.3 Å². The van der Waals surface area contributed by atoms with Crippen LogP contribution in [0.2, 0.25) is 5.15 Å². The van der Waals surface area contributed by atoms with Crippen molar-refractivity contribution in [2.45, 2.75) is 45.2 Å². The van der Waals surface area contributed by atoms with E-state index in [0.29, 0.717) is 17.2 Å². The van der Waals surface area contributed by atoms with E-state index >= 15 is 0 Å². The van der Waals surface area contributed by atoms with Crippen molar-refractivity contribution in [1.82, 2.24) is 9.99 Å². The van der Waals surface area contributed by atoms with Crippen LogP contribution in [-0.2, 0) is 0 Å². The first kappa shape index (κ1) is 11.2. The van der Waals surface area contributed by atoms with E-state index in [4.69, 9.17) is 11.6 Å². The number of halogens is 1. The lowest BCUT2D eigenvalue weighted by Crippen LogP contribution is -2.47. The Bertz CT molecular complexity index is 318. The summed E-state index contributed by atoms with van der Waals surface area (Å²) in [5.74, 6) is 0. The minimum atomic E-state index is 0.566. The van der Waals surface area contributed by atoms with Crippen LogP contribution in [0.5, 0.6) is 0 Å². The maximum Gasteiger partial charge on any atom is 0.198 e. The summed E-state index contributed by atoms with van der Waals surface area (Å²) < 4.78 is 0. The highest BCUT2D eigenvalue weighted by atomic mass is 35.5. The topological polar surface area (TPSA) is 28.2 Å². The SMILES string of the molecule is CC1CCCC(C)N1Nc1nc(Cl)cs1. The monoisotopic (exact) mass is 245 g/mol. The van der Waals surface area contributed by atoms with Crippen LogP contribution in [0.25, 0.3) is 0 Å². The van der Waals surface area contributed by atoms with Crippen LogP contribution in [-0.4, -0.2) is 22.1 Å². The van der Waals surface area contributed by atoms with E-state index in [1.54, 1.807) is 11.3 Å². The average molecular weight is 246 g/mol. The molecule has 1 fully saturated rings. The second-order valence-electron chi connectivity index (χ2n) is 4.12. The molecule has 0 spiro atoms. The van der Waals surface area contributed by atoms with Gasteiger partial charge in [0.25, 0.3) is 0 Å². The minimum Gasteiger partial charge on any atom is -0.294 e. The van der Waals surface area contributed by atoms with Gasteiger partial charge in [0.1, 0.15) is 5.15 Å². The number of rotatable bonds is 2. The molecule has 5 heteroatoms. The summed E-state index contributed by atoms with van der Waals surface area (Å²) in [6.45, 7) is 4.50. The summed E-state index contributed by atoms with van der Waals surface area (Å²) >= 11 is 7.34. The fourth-order valence-electron chi connectivity index (χ4n) is 2.06. The number of hydrogen-bond donors (Lipinski definition) is 1. The summed E-state index contributed by atoms with van der Waals surface area (Å²) in [5.41, 5.74) is 3.36. The van der Waals surface area contributed by atoms with Crippen LogP contribution in [0.1, 0.15) is 33.1 Å². The molecular weight excluding hydrogens is 230 g/mol. The Labute approximate surface area is 99.4 Å². The van der Waals surface area contributed by atoms with Crippen molar-refractivity contribution in [2.75, 3.05) is 5.43 Å². The van der Waals surface area contributed by atoms with E-state index in [1.165, 1.54) is 19.3 Å². The van der Waals surface area contributed by atoms with Crippen LogP contribution in [0, 0.1) is 0 Å². The Morgan fingerprint density at radius 2 is 2.13 bits per heavy atom. The van der Waals surface area contributed by atoms with Crippen LogP contribution in [0.15, 0.2) is 5.38 Å². The van der Waals surface area contributed by atoms with Crippen molar-refractivity contribution >= 4 is 28.1 Å². The molecule has 15 heavy (non-hydrogen) atoms. The van der Waals surface area contributed by atoms with Crippen molar-refractivity contribution < 1.29 is 0 Å². The summed E-state index contributed by atoms with van der Waals surface area (Å²) in [6.07, 6.45) is 3.81. The second kappa shape index (κ2) is 4.68. The van der Waals surface area contributed by atoms with Gasteiger partial charge in [-0.1, -0.05) is 18.0 Å². The lowest BCUT2D eigenvalue weighted by molar-refractivity contribution is 0.135. The first-order valence-corrected chi connectivity index (χ1v) is 6.58. The second-order valence-corrected chi connectivity index (χ2v) is 5.37. The van der Waals surface area contributed by atoms with E-state index < -0.39 is 0 Å². The standard InChI is InChI=1S/C10H16ClN3S/c1-7-4-3-5-8(2)14(7)13-10-12-9(11)6-15-10/h6-8H,3-5H2,1-2H3,(H,12,13). The fourth-order valence-corrected chi connectivity index (χ4v) is 2.90. The van der Waals surface area contributed by atoms with Crippen LogP contribution < -0.4 is 5.43 Å². The van der Waals surface area contributed by atoms with Gasteiger partial charge in [0.2, 0.25) is 0 Å². The first-order chi connectivity index (χ1) is 7.16. The Morgan fingerprint density at radius 3 is 2.67 bits per heavy atom. The number of piperidine rings is 1. The molecule has 2 rings (SSSR count). The molecule has 1 aromatic heterocycles. The zero-order chi connectivity index (χ0) is 10.8. The predicted molar refractivity (Wildman–Crippen MR) is 65.4 cm³/mol. The molecule has 0 amide bonds. The van der Waals surface area contributed by atoms with Crippen molar-refractivity contribution in [3.63, 3.8) is 0 Å². The van der Waals surface area contributed by atoms with Gasteiger partial charge in [-0.25, -0.2) is 9.99 Å². The zero-order valence-electron chi connectivity index (χ0n) is 9.03. The van der Waals surface area contributed by atoms with Gasteiger partial charge in [-0.05, 0) is 26.7 Å². The number of nitrogens with one attached hydrogen (secondary N) is 1. The van der Waals surface area contributed by atoms with Gasteiger partial charge in [0.15, 0.2) is 5.13 Å². The maximum absolute atomic E-state index is 5.79. The van der Waals surface area contributed by atoms with E-state index in [9.17, 15) is 0 Å². The van der Waals surface area contributed by atoms with E-state index in [1.807, 2.05) is 5.38 Å². The predicted octanol–water partition coefficient (Wildman–Crippen LogP) is 3.39. The number of aromatic nitrogens is 1. The molecule has 0 radical (unpaired) electrons. The van der Waals surface area contributed by atoms with Crippen LogP contribution >= 0.6 is 22.9 Å². The third-order valence-corrected chi connectivity index (χ3v) is 3.96. The van der Waals surface area contributed by atoms with Crippen LogP contribution in [0.4, 0.5) is 5.13 Å². The molecule has 0 saturated carbocycles. The summed E-state index contributed by atoms with van der Waals surface area (Å²) in [4.78, 5) is 4.20. The van der Waals surface area contributed by atoms with E-state index in [0.717, 1.165) is 5.13 Å². The average Bonchev–Trinajstić information content (AvgIpc) is 2.58. The molecule has 2 unspecified atom stereocenters. The molecular formula is C10H16ClN3S. The molecule has 0 bridgehead atoms. The highest BCUT2D eigenvalue weighted by molar-refractivity contribution is 7.14. The number of hydrazine groups is 1. The molecule has 1 aliphatic heterocycles. The van der Waals surface area contributed by atoms with Crippen molar-refractivity contribution in [1.29, 1.82) is 0 Å². The number of nitrogens with zero attached hydrogens (tertiary/aromatic N) is 2. The molecule has 0 aromatic carbocycles. The fraction of sp³-hybridized carbons (Fsp3) is 0.700. The van der Waals surface area contributed by atoms with Gasteiger partial charge in [-0.2, -0.15) is 0 Å². The largest absolute Gasteiger partial charge is 0.294 e. The van der Waals surface area contributed by atoms with Gasteiger partial charge in [-0.3, -0.25) is 5.43 Å². The highest BCUT2D eigenvalue weighted by Crippen LogP contribution is 2.25. The quantitative estimate of drug-likeness (QED) is 0.866. The Hall–Kier alpha value is -0.320. The van der Waals surface area contributed by atoms with Gasteiger partial charge < -0.3 is 0 Å². The van der Waals surface area contributed by atoms with Gasteiger partial charge >= 0.3 is 0 Å². The van der Waals surface area contributed by atoms with Crippen molar-refractivity contribution in [3.8, 4) is 0 Å². The van der Waals surface area contributed by atoms with Crippen molar-refractivity contribution in [3.05, 3.63) is 10.5 Å². The van der Waals surface area contributed by atoms with Crippen molar-refractivity contribution in [2.24, 2.45) is 0 Å². The summed E-state index contributed by atoms with van der Waals surface area (Å²) in [5, 5.41) is 5.60. The zero-order valence-corrected chi connectivity index (χ0v) is 10.6. The van der Waals surface area contributed by atoms with Gasteiger partial charge in [0, 0.05) is 17.5 Å². The lowest BCUT2D eigenvalue weighted by atomic mass is 10.00. The summed E-state index contributed by atoms with van der Waals surface area (Å²) in [6, 6.07) is 1.13. The highest BCUT2D eigenvalue weighted by Gasteiger charge is 2.25. The summed E-state index contributed by atoms with van der Waals surface area (Å²) in [7, 11) is 0. The molecule has 1 aliphatic rings. The molecule has 0 aliphatic carbocycles. The third kappa shape index (κ3) is 2.62. The number of thiazole rings is 1. The molecule has 1 aromatic rings. The Morgan fingerprint density at radius 1 is 1.47 bits per heavy atom. The lowest BCUT2D eigenvalue weighted by Gasteiger charge is -2.38. The molecule has 84 valence electrons. The molecule has 2 atom stereocenters. The smallest absolute Gasteiger partial charge is 0.198 e. The van der Waals surface area contributed by atoms with Gasteiger partial charge in [-0.15, -0.1) is 11.3 Å². The molecule has 1 saturated heterocycles. The normalized spacial score (nSPS) is 27.9. The van der Waals surface area contributed by atoms with Crippen LogP contribution in [0.3, 0.4) is 0 Å². The van der Waals surface area contributed by atoms with E-state index in [-0.39, 0.29) is 0 Å². The Kier molecular flexibility index (Phi) is 3.49. The molecule has 2 heterocycles. The molecule has 1 N–H and O–H groups in total. The minimum absolute atomic E-state index is 0.566. The molecule has 3 nitrogen and oxygen atoms in total. The maximum atomic E-state index is 5.79. The third-order valence-electron chi connectivity index (χ3n) is 2.89. The first-order valence-electron chi connectivity index (χ1n) is 5.33. The Balaban J connectivity index is 2.03. The van der Waals surface area contributed by atoms with Gasteiger partial charge in [0.05, 0.1) is 0 Å². The number of hydrogen-bond acceptors (Lipinski definition) is 4.